The Bertz CT molecular complexity index is 1420. The van der Waals surface area contributed by atoms with Crippen LogP contribution in [0.4, 0.5) is 11.8 Å². The van der Waals surface area contributed by atoms with Gasteiger partial charge in [-0.1, -0.05) is 32.0 Å². The summed E-state index contributed by atoms with van der Waals surface area (Å²) in [7, 11) is -1.52. The van der Waals surface area contributed by atoms with Gasteiger partial charge in [-0.2, -0.15) is 9.97 Å². The zero-order chi connectivity index (χ0) is 28.8. The molecule has 2 aromatic heterocycles. The van der Waals surface area contributed by atoms with Gasteiger partial charge in [-0.25, -0.2) is 13.4 Å². The molecule has 5 rings (SSSR count). The van der Waals surface area contributed by atoms with Crippen LogP contribution in [0.1, 0.15) is 38.2 Å². The van der Waals surface area contributed by atoms with Crippen LogP contribution < -0.4 is 23.8 Å². The topological polar surface area (TPSA) is 125 Å². The summed E-state index contributed by atoms with van der Waals surface area (Å²) in [4.78, 5) is 15.9. The van der Waals surface area contributed by atoms with Crippen molar-refractivity contribution in [1.29, 1.82) is 0 Å². The second kappa shape index (κ2) is 13.1. The first-order chi connectivity index (χ1) is 19.8. The molecule has 220 valence electrons. The van der Waals surface area contributed by atoms with Crippen molar-refractivity contribution >= 4 is 33.6 Å². The fourth-order valence-corrected chi connectivity index (χ4v) is 6.17. The van der Waals surface area contributed by atoms with Gasteiger partial charge in [-0.3, -0.25) is 0 Å². The third-order valence-corrected chi connectivity index (χ3v) is 9.19. The van der Waals surface area contributed by atoms with E-state index in [2.05, 4.69) is 23.6 Å². The van der Waals surface area contributed by atoms with Gasteiger partial charge in [0, 0.05) is 37.8 Å². The number of nitrogens with one attached hydrogen (secondary N) is 1. The van der Waals surface area contributed by atoms with Gasteiger partial charge in [0.1, 0.15) is 11.6 Å². The number of para-hydroxylation sites is 2. The van der Waals surface area contributed by atoms with Crippen LogP contribution in [0.5, 0.6) is 23.1 Å². The summed E-state index contributed by atoms with van der Waals surface area (Å²) in [6.45, 7) is 5.79. The molecule has 2 aliphatic rings. The number of hydrogen-bond acceptors (Lipinski definition) is 12. The van der Waals surface area contributed by atoms with Crippen molar-refractivity contribution in [3.63, 3.8) is 0 Å². The van der Waals surface area contributed by atoms with E-state index in [9.17, 15) is 8.42 Å². The number of ether oxygens (including phenoxy) is 4. The number of pyridine rings is 1. The molecule has 0 saturated carbocycles. The molecule has 0 aliphatic carbocycles. The largest absolute Gasteiger partial charge is 0.493 e. The first kappa shape index (κ1) is 29.2. The fraction of sp³-hybridized carbons (Fsp3) is 0.464. The highest BCUT2D eigenvalue weighted by Gasteiger charge is 2.28. The predicted octanol–water partition coefficient (Wildman–Crippen LogP) is 4.71. The van der Waals surface area contributed by atoms with Gasteiger partial charge in [0.25, 0.3) is 5.88 Å². The molecule has 3 aromatic rings. The number of benzene rings is 1. The highest BCUT2D eigenvalue weighted by atomic mass is 32.2. The number of hydrogen-bond donors (Lipinski definition) is 1. The van der Waals surface area contributed by atoms with Crippen LogP contribution >= 0.6 is 11.9 Å². The Morgan fingerprint density at radius 3 is 2.56 bits per heavy atom. The minimum atomic E-state index is -3.09. The van der Waals surface area contributed by atoms with Gasteiger partial charge in [0.2, 0.25) is 11.7 Å². The summed E-state index contributed by atoms with van der Waals surface area (Å²) >= 11 is 1.28. The maximum Gasteiger partial charge on any atom is 0.265 e. The molecule has 0 bridgehead atoms. The van der Waals surface area contributed by atoms with Crippen LogP contribution in [0.3, 0.4) is 0 Å². The van der Waals surface area contributed by atoms with E-state index < -0.39 is 9.84 Å². The summed E-state index contributed by atoms with van der Waals surface area (Å²) in [6, 6.07) is 11.3. The van der Waals surface area contributed by atoms with Crippen LogP contribution in [0.25, 0.3) is 0 Å². The molecule has 2 fully saturated rings. The predicted molar refractivity (Wildman–Crippen MR) is 158 cm³/mol. The molecular weight excluding hydrogens is 566 g/mol. The molecule has 0 amide bonds. The number of nitrogens with zero attached hydrogens (tertiary/aromatic N) is 4. The SMILES string of the molecule is COc1ccccc1Oc1c(NSc2ccc(C(C)C)cn2)nc(N2CCS(=O)(=O)CC2)nc1OCC1CCCO1. The minimum absolute atomic E-state index is 0.0333. The van der Waals surface area contributed by atoms with E-state index in [4.69, 9.17) is 28.9 Å². The molecule has 0 radical (unpaired) electrons. The maximum atomic E-state index is 12.1. The van der Waals surface area contributed by atoms with Crippen molar-refractivity contribution in [2.45, 2.75) is 43.7 Å². The number of anilines is 2. The van der Waals surface area contributed by atoms with E-state index in [0.717, 1.165) is 23.4 Å². The average Bonchev–Trinajstić information content (AvgIpc) is 3.50. The van der Waals surface area contributed by atoms with E-state index in [-0.39, 0.29) is 48.9 Å². The lowest BCUT2D eigenvalue weighted by molar-refractivity contribution is 0.0654. The van der Waals surface area contributed by atoms with E-state index >= 15 is 0 Å². The molecule has 2 aliphatic heterocycles. The Morgan fingerprint density at radius 2 is 1.90 bits per heavy atom. The van der Waals surface area contributed by atoms with Crippen molar-refractivity contribution in [2.24, 2.45) is 0 Å². The second-order valence-corrected chi connectivity index (χ2v) is 13.3. The van der Waals surface area contributed by atoms with Crippen LogP contribution in [0.15, 0.2) is 47.6 Å². The van der Waals surface area contributed by atoms with Crippen LogP contribution in [-0.2, 0) is 14.6 Å². The molecular formula is C28H35N5O6S2. The monoisotopic (exact) mass is 601 g/mol. The molecule has 1 N–H and O–H groups in total. The Hall–Kier alpha value is -3.29. The highest BCUT2D eigenvalue weighted by Crippen LogP contribution is 2.42. The average molecular weight is 602 g/mol. The maximum absolute atomic E-state index is 12.1. The third-order valence-electron chi connectivity index (χ3n) is 6.84. The van der Waals surface area contributed by atoms with Crippen molar-refractivity contribution in [2.75, 3.05) is 54.5 Å². The Morgan fingerprint density at radius 1 is 1.12 bits per heavy atom. The minimum Gasteiger partial charge on any atom is -0.493 e. The summed E-state index contributed by atoms with van der Waals surface area (Å²) in [6.07, 6.45) is 3.67. The standard InChI is InChI=1S/C28H35N5O6S2/c1-19(2)20-10-11-24(29-17-20)40-32-26-25(39-23-9-5-4-8-22(23)36-3)27(38-18-21-7-6-14-37-21)31-28(30-26)33-12-15-41(34,35)16-13-33/h4-5,8-11,17,19,21H,6-7,12-16,18H2,1-3H3,(H,30,31,32). The summed E-state index contributed by atoms with van der Waals surface area (Å²) in [5.41, 5.74) is 1.14. The Kier molecular flexibility index (Phi) is 9.35. The number of rotatable bonds is 11. The van der Waals surface area contributed by atoms with Gasteiger partial charge in [-0.15, -0.1) is 0 Å². The molecule has 1 aromatic carbocycles. The molecule has 13 heteroatoms. The molecule has 2 saturated heterocycles. The zero-order valence-electron chi connectivity index (χ0n) is 23.4. The number of sulfone groups is 1. The van der Waals surface area contributed by atoms with E-state index in [1.807, 2.05) is 35.4 Å². The molecule has 41 heavy (non-hydrogen) atoms. The molecule has 1 atom stereocenters. The first-order valence-electron chi connectivity index (χ1n) is 13.6. The van der Waals surface area contributed by atoms with Crippen molar-refractivity contribution in [1.82, 2.24) is 15.0 Å². The van der Waals surface area contributed by atoms with E-state index in [1.54, 1.807) is 19.2 Å². The van der Waals surface area contributed by atoms with Crippen molar-refractivity contribution in [3.8, 4) is 23.1 Å². The number of methoxy groups -OCH3 is 1. The Balaban J connectivity index is 1.51. The lowest BCUT2D eigenvalue weighted by atomic mass is 10.1. The number of aromatic nitrogens is 3. The van der Waals surface area contributed by atoms with Gasteiger partial charge in [0.15, 0.2) is 27.2 Å². The quantitative estimate of drug-likeness (QED) is 0.306. The van der Waals surface area contributed by atoms with Crippen molar-refractivity contribution < 1.29 is 27.4 Å². The summed E-state index contributed by atoms with van der Waals surface area (Å²) in [5.74, 6) is 2.63. The molecule has 11 nitrogen and oxygen atoms in total. The lowest BCUT2D eigenvalue weighted by Gasteiger charge is -2.28. The normalized spacial score (nSPS) is 18.3. The molecule has 4 heterocycles. The van der Waals surface area contributed by atoms with E-state index in [1.165, 1.54) is 11.9 Å². The smallest absolute Gasteiger partial charge is 0.265 e. The van der Waals surface area contributed by atoms with Gasteiger partial charge < -0.3 is 28.6 Å². The summed E-state index contributed by atoms with van der Waals surface area (Å²) in [5, 5.41) is 0.740. The van der Waals surface area contributed by atoms with Crippen molar-refractivity contribution in [3.05, 3.63) is 48.2 Å². The molecule has 0 spiro atoms. The van der Waals surface area contributed by atoms with Crippen LogP contribution in [-0.4, -0.2) is 74.4 Å². The summed E-state index contributed by atoms with van der Waals surface area (Å²) < 4.78 is 51.3. The first-order valence-corrected chi connectivity index (χ1v) is 16.3. The van der Waals surface area contributed by atoms with Gasteiger partial charge >= 0.3 is 0 Å². The Labute approximate surface area is 245 Å². The second-order valence-electron chi connectivity index (χ2n) is 10.1. The van der Waals surface area contributed by atoms with E-state index in [0.29, 0.717) is 35.8 Å². The van der Waals surface area contributed by atoms with Crippen LogP contribution in [0, 0.1) is 0 Å². The highest BCUT2D eigenvalue weighted by molar-refractivity contribution is 8.00. The lowest BCUT2D eigenvalue weighted by Crippen LogP contribution is -2.41. The third kappa shape index (κ3) is 7.52. The zero-order valence-corrected chi connectivity index (χ0v) is 25.0. The van der Waals surface area contributed by atoms with Crippen LogP contribution in [0.2, 0.25) is 0 Å². The fourth-order valence-electron chi connectivity index (χ4n) is 4.39. The van der Waals surface area contributed by atoms with Gasteiger partial charge in [-0.05, 0) is 42.5 Å². The molecule has 1 unspecified atom stereocenters. The van der Waals surface area contributed by atoms with Gasteiger partial charge in [0.05, 0.1) is 24.7 Å².